The zero-order chi connectivity index (χ0) is 19.1. The summed E-state index contributed by atoms with van der Waals surface area (Å²) in [5.74, 6) is -0.0739. The third-order valence-electron chi connectivity index (χ3n) is 5.32. The van der Waals surface area contributed by atoms with E-state index in [4.69, 9.17) is 5.10 Å². The van der Waals surface area contributed by atoms with Gasteiger partial charge in [-0.15, -0.1) is 0 Å². The van der Waals surface area contributed by atoms with Crippen molar-refractivity contribution in [3.05, 3.63) is 90.3 Å². The molecule has 1 aromatic heterocycles. The Kier molecular flexibility index (Phi) is 3.90. The predicted octanol–water partition coefficient (Wildman–Crippen LogP) is 5.09. The van der Waals surface area contributed by atoms with Gasteiger partial charge >= 0.3 is 0 Å². The van der Waals surface area contributed by atoms with E-state index in [-0.39, 0.29) is 11.9 Å². The minimum Gasteiger partial charge on any atom is -0.273 e. The fourth-order valence-electron chi connectivity index (χ4n) is 4.08. The number of carbonyl (C=O) groups is 1. The van der Waals surface area contributed by atoms with Gasteiger partial charge in [0.2, 0.25) is 5.91 Å². The van der Waals surface area contributed by atoms with Crippen molar-refractivity contribution < 1.29 is 4.79 Å². The van der Waals surface area contributed by atoms with Crippen LogP contribution in [0.5, 0.6) is 0 Å². The molecule has 0 saturated heterocycles. The number of carbonyl (C=O) groups excluding carboxylic acids is 1. The van der Waals surface area contributed by atoms with Crippen LogP contribution in [0.1, 0.15) is 30.6 Å². The van der Waals surface area contributed by atoms with Crippen molar-refractivity contribution in [1.29, 1.82) is 0 Å². The quantitative estimate of drug-likeness (QED) is 0.465. The summed E-state index contributed by atoms with van der Waals surface area (Å²) in [4.78, 5) is 16.8. The van der Waals surface area contributed by atoms with Gasteiger partial charge in [-0.3, -0.25) is 9.78 Å². The van der Waals surface area contributed by atoms with E-state index >= 15 is 0 Å². The number of nitrogens with zero attached hydrogens (tertiary/aromatic N) is 3. The van der Waals surface area contributed by atoms with Crippen molar-refractivity contribution in [3.63, 3.8) is 0 Å². The van der Waals surface area contributed by atoms with Crippen molar-refractivity contribution >= 4 is 33.2 Å². The lowest BCUT2D eigenvalue weighted by atomic mass is 9.91. The lowest BCUT2D eigenvalue weighted by molar-refractivity contribution is -0.130. The van der Waals surface area contributed by atoms with Crippen molar-refractivity contribution in [1.82, 2.24) is 9.99 Å². The summed E-state index contributed by atoms with van der Waals surface area (Å²) in [5, 5.41) is 11.0. The van der Waals surface area contributed by atoms with Crippen LogP contribution in [0.3, 0.4) is 0 Å². The molecule has 0 fully saturated rings. The molecule has 4 aromatic rings. The van der Waals surface area contributed by atoms with Crippen LogP contribution >= 0.6 is 0 Å². The molecule has 0 radical (unpaired) electrons. The van der Waals surface area contributed by atoms with Crippen molar-refractivity contribution in [2.24, 2.45) is 5.10 Å². The zero-order valence-corrected chi connectivity index (χ0v) is 15.5. The van der Waals surface area contributed by atoms with Gasteiger partial charge in [0, 0.05) is 25.1 Å². The van der Waals surface area contributed by atoms with E-state index in [0.717, 1.165) is 27.7 Å². The molecule has 1 atom stereocenters. The standard InChI is InChI=1S/C24H19N3O/c1-16(28)27-23(21-12-6-7-13-25-21)15-22(26-27)24-19-10-4-2-8-17(19)14-18-9-3-5-11-20(18)24/h2-14,23H,15H2,1H3. The maximum atomic E-state index is 12.3. The summed E-state index contributed by atoms with van der Waals surface area (Å²) in [5.41, 5.74) is 2.90. The number of benzene rings is 3. The molecule has 0 bridgehead atoms. The highest BCUT2D eigenvalue weighted by atomic mass is 16.2. The minimum absolute atomic E-state index is 0.0739. The molecule has 1 unspecified atom stereocenters. The number of hydrogen-bond acceptors (Lipinski definition) is 3. The lowest BCUT2D eigenvalue weighted by Gasteiger charge is -2.19. The zero-order valence-electron chi connectivity index (χ0n) is 15.5. The first-order chi connectivity index (χ1) is 13.7. The Morgan fingerprint density at radius 2 is 1.57 bits per heavy atom. The van der Waals surface area contributed by atoms with Gasteiger partial charge < -0.3 is 0 Å². The second-order valence-electron chi connectivity index (χ2n) is 7.08. The molecule has 1 aliphatic heterocycles. The van der Waals surface area contributed by atoms with Gasteiger partial charge in [0.25, 0.3) is 0 Å². The molecule has 28 heavy (non-hydrogen) atoms. The van der Waals surface area contributed by atoms with Gasteiger partial charge in [-0.1, -0.05) is 54.6 Å². The topological polar surface area (TPSA) is 45.6 Å². The number of pyridine rings is 1. The Morgan fingerprint density at radius 1 is 0.929 bits per heavy atom. The molecule has 0 spiro atoms. The summed E-state index contributed by atoms with van der Waals surface area (Å²) in [6.07, 6.45) is 2.41. The van der Waals surface area contributed by atoms with Crippen LogP contribution in [0.25, 0.3) is 21.5 Å². The number of hydrazone groups is 1. The molecule has 1 amide bonds. The first-order valence-corrected chi connectivity index (χ1v) is 9.41. The molecule has 0 saturated carbocycles. The summed E-state index contributed by atoms with van der Waals surface area (Å²) >= 11 is 0. The van der Waals surface area contributed by atoms with Crippen LogP contribution in [-0.2, 0) is 4.79 Å². The third kappa shape index (κ3) is 2.65. The average molecular weight is 365 g/mol. The molecular formula is C24H19N3O. The van der Waals surface area contributed by atoms with E-state index in [2.05, 4.69) is 59.6 Å². The SMILES string of the molecule is CC(=O)N1N=C(c2c3ccccc3cc3ccccc23)CC1c1ccccn1. The second-order valence-corrected chi connectivity index (χ2v) is 7.08. The largest absolute Gasteiger partial charge is 0.273 e. The first-order valence-electron chi connectivity index (χ1n) is 9.41. The Bertz CT molecular complexity index is 1180. The van der Waals surface area contributed by atoms with Crippen molar-refractivity contribution in [2.45, 2.75) is 19.4 Å². The van der Waals surface area contributed by atoms with Gasteiger partial charge in [-0.2, -0.15) is 5.10 Å². The number of amides is 1. The molecule has 3 aromatic carbocycles. The summed E-state index contributed by atoms with van der Waals surface area (Å²) in [7, 11) is 0. The van der Waals surface area contributed by atoms with Gasteiger partial charge in [0.05, 0.1) is 11.4 Å². The van der Waals surface area contributed by atoms with Gasteiger partial charge in [0.15, 0.2) is 0 Å². The number of rotatable bonds is 2. The summed E-state index contributed by atoms with van der Waals surface area (Å²) < 4.78 is 0. The van der Waals surface area contributed by atoms with E-state index in [1.165, 1.54) is 10.8 Å². The Morgan fingerprint density at radius 3 is 2.18 bits per heavy atom. The van der Waals surface area contributed by atoms with Crippen LogP contribution in [0, 0.1) is 0 Å². The number of fused-ring (bicyclic) bond motifs is 2. The summed E-state index contributed by atoms with van der Waals surface area (Å²) in [6.45, 7) is 1.56. The lowest BCUT2D eigenvalue weighted by Crippen LogP contribution is -2.24. The van der Waals surface area contributed by atoms with Crippen LogP contribution < -0.4 is 0 Å². The van der Waals surface area contributed by atoms with Crippen LogP contribution in [0.15, 0.2) is 84.1 Å². The molecule has 4 nitrogen and oxygen atoms in total. The van der Waals surface area contributed by atoms with Crippen LogP contribution in [0.2, 0.25) is 0 Å². The van der Waals surface area contributed by atoms with Crippen molar-refractivity contribution in [3.8, 4) is 0 Å². The maximum absolute atomic E-state index is 12.3. The van der Waals surface area contributed by atoms with Crippen LogP contribution in [-0.4, -0.2) is 21.6 Å². The van der Waals surface area contributed by atoms with E-state index in [0.29, 0.717) is 6.42 Å². The normalized spacial score (nSPS) is 16.5. The fourth-order valence-corrected chi connectivity index (χ4v) is 4.08. The minimum atomic E-state index is -0.175. The number of hydrogen-bond donors (Lipinski definition) is 0. The van der Waals surface area contributed by atoms with Gasteiger partial charge in [-0.25, -0.2) is 5.01 Å². The highest BCUT2D eigenvalue weighted by Crippen LogP contribution is 2.36. The molecule has 1 aliphatic rings. The monoisotopic (exact) mass is 365 g/mol. The van der Waals surface area contributed by atoms with E-state index < -0.39 is 0 Å². The highest BCUT2D eigenvalue weighted by Gasteiger charge is 2.33. The van der Waals surface area contributed by atoms with E-state index in [9.17, 15) is 4.79 Å². The Labute approximate surface area is 163 Å². The summed E-state index contributed by atoms with van der Waals surface area (Å²) in [6, 6.07) is 24.5. The molecule has 0 N–H and O–H groups in total. The molecule has 5 rings (SSSR count). The second kappa shape index (κ2) is 6.57. The smallest absolute Gasteiger partial charge is 0.240 e. The number of aromatic nitrogens is 1. The Hall–Kier alpha value is -3.53. The molecular weight excluding hydrogens is 346 g/mol. The maximum Gasteiger partial charge on any atom is 0.240 e. The average Bonchev–Trinajstić information content (AvgIpc) is 3.18. The molecule has 136 valence electrons. The molecule has 0 aliphatic carbocycles. The Balaban J connectivity index is 1.73. The van der Waals surface area contributed by atoms with Crippen LogP contribution in [0.4, 0.5) is 0 Å². The van der Waals surface area contributed by atoms with Gasteiger partial charge in [0.1, 0.15) is 6.04 Å². The highest BCUT2D eigenvalue weighted by molar-refractivity contribution is 6.21. The fraction of sp³-hybridized carbons (Fsp3) is 0.125. The third-order valence-corrected chi connectivity index (χ3v) is 5.32. The van der Waals surface area contributed by atoms with Gasteiger partial charge in [-0.05, 0) is 39.7 Å². The first kappa shape index (κ1) is 16.6. The predicted molar refractivity (Wildman–Crippen MR) is 112 cm³/mol. The molecule has 4 heteroatoms. The van der Waals surface area contributed by atoms with E-state index in [1.807, 2.05) is 18.2 Å². The van der Waals surface area contributed by atoms with Crippen molar-refractivity contribution in [2.75, 3.05) is 0 Å². The molecule has 2 heterocycles. The van der Waals surface area contributed by atoms with E-state index in [1.54, 1.807) is 18.1 Å².